The van der Waals surface area contributed by atoms with Gasteiger partial charge in [-0.3, -0.25) is 0 Å². The summed E-state index contributed by atoms with van der Waals surface area (Å²) in [4.78, 5) is 0. The summed E-state index contributed by atoms with van der Waals surface area (Å²) in [7, 11) is 3.69. The maximum atomic E-state index is 5.92. The second-order valence-corrected chi connectivity index (χ2v) is 4.52. The van der Waals surface area contributed by atoms with Crippen LogP contribution in [0.5, 0.6) is 5.75 Å². The number of ether oxygens (including phenoxy) is 2. The van der Waals surface area contributed by atoms with Crippen LogP contribution in [0.1, 0.15) is 24.5 Å². The smallest absolute Gasteiger partial charge is 0.118 e. The minimum Gasteiger partial charge on any atom is -0.497 e. The number of nitrogens with one attached hydrogen (secondary N) is 1. The number of benzene rings is 1. The molecule has 0 amide bonds. The van der Waals surface area contributed by atoms with E-state index in [2.05, 4.69) is 17.4 Å². The molecule has 1 aromatic carbocycles. The minimum absolute atomic E-state index is 0.224. The molecule has 1 saturated heterocycles. The molecule has 3 heteroatoms. The van der Waals surface area contributed by atoms with Crippen LogP contribution < -0.4 is 10.1 Å². The van der Waals surface area contributed by atoms with Gasteiger partial charge in [0.05, 0.1) is 13.2 Å². The predicted octanol–water partition coefficient (Wildman–Crippen LogP) is 2.38. The van der Waals surface area contributed by atoms with Crippen LogP contribution in [0.25, 0.3) is 0 Å². The molecule has 1 fully saturated rings. The molecule has 1 aliphatic heterocycles. The maximum absolute atomic E-state index is 5.92. The summed E-state index contributed by atoms with van der Waals surface area (Å²) >= 11 is 0. The summed E-state index contributed by atoms with van der Waals surface area (Å²) < 4.78 is 11.1. The van der Waals surface area contributed by atoms with E-state index in [4.69, 9.17) is 9.47 Å². The molecule has 1 heterocycles. The lowest BCUT2D eigenvalue weighted by atomic mass is 9.89. The molecule has 0 bridgehead atoms. The summed E-state index contributed by atoms with van der Waals surface area (Å²) in [5.41, 5.74) is 1.26. The van der Waals surface area contributed by atoms with Crippen LogP contribution in [0.3, 0.4) is 0 Å². The molecule has 1 N–H and O–H groups in total. The lowest BCUT2D eigenvalue weighted by Crippen LogP contribution is -2.30. The molecular formula is C14H21NO2. The lowest BCUT2D eigenvalue weighted by molar-refractivity contribution is -0.0272. The molecule has 2 rings (SSSR count). The van der Waals surface area contributed by atoms with Gasteiger partial charge in [-0.1, -0.05) is 12.1 Å². The molecule has 0 spiro atoms. The van der Waals surface area contributed by atoms with Crippen molar-refractivity contribution in [3.8, 4) is 5.75 Å². The van der Waals surface area contributed by atoms with E-state index >= 15 is 0 Å². The van der Waals surface area contributed by atoms with E-state index in [1.807, 2.05) is 19.2 Å². The Kier molecular flexibility index (Phi) is 4.40. The van der Waals surface area contributed by atoms with Crippen molar-refractivity contribution in [3.63, 3.8) is 0 Å². The standard InChI is InChI=1S/C14H21NO2/c1-15-10-12-4-3-9-17-14(12)11-5-7-13(16-2)8-6-11/h5-8,12,14-15H,3-4,9-10H2,1-2H3. The summed E-state index contributed by atoms with van der Waals surface area (Å²) in [5, 5.41) is 3.26. The molecule has 3 nitrogen and oxygen atoms in total. The van der Waals surface area contributed by atoms with Crippen molar-refractivity contribution in [2.75, 3.05) is 27.3 Å². The second kappa shape index (κ2) is 6.03. The first kappa shape index (κ1) is 12.4. The van der Waals surface area contributed by atoms with E-state index in [1.165, 1.54) is 18.4 Å². The van der Waals surface area contributed by atoms with Gasteiger partial charge in [-0.25, -0.2) is 0 Å². The Morgan fingerprint density at radius 1 is 1.35 bits per heavy atom. The lowest BCUT2D eigenvalue weighted by Gasteiger charge is -2.32. The SMILES string of the molecule is CNCC1CCCOC1c1ccc(OC)cc1. The van der Waals surface area contributed by atoms with E-state index in [-0.39, 0.29) is 6.10 Å². The average Bonchev–Trinajstić information content (AvgIpc) is 2.40. The van der Waals surface area contributed by atoms with Gasteiger partial charge in [-0.05, 0) is 37.6 Å². The van der Waals surface area contributed by atoms with Gasteiger partial charge in [0.2, 0.25) is 0 Å². The third-order valence-corrected chi connectivity index (χ3v) is 3.36. The molecule has 0 aliphatic carbocycles. The van der Waals surface area contributed by atoms with Crippen molar-refractivity contribution in [2.24, 2.45) is 5.92 Å². The fourth-order valence-corrected chi connectivity index (χ4v) is 2.48. The molecule has 0 radical (unpaired) electrons. The zero-order valence-corrected chi connectivity index (χ0v) is 10.6. The molecule has 1 aromatic rings. The Morgan fingerprint density at radius 3 is 2.76 bits per heavy atom. The van der Waals surface area contributed by atoms with Crippen LogP contribution >= 0.6 is 0 Å². The number of methoxy groups -OCH3 is 1. The highest BCUT2D eigenvalue weighted by Crippen LogP contribution is 2.33. The third kappa shape index (κ3) is 2.99. The topological polar surface area (TPSA) is 30.5 Å². The highest BCUT2D eigenvalue weighted by atomic mass is 16.5. The van der Waals surface area contributed by atoms with Gasteiger partial charge in [-0.15, -0.1) is 0 Å². The maximum Gasteiger partial charge on any atom is 0.118 e. The quantitative estimate of drug-likeness (QED) is 0.869. The fraction of sp³-hybridized carbons (Fsp3) is 0.571. The van der Waals surface area contributed by atoms with Crippen molar-refractivity contribution < 1.29 is 9.47 Å². The Morgan fingerprint density at radius 2 is 2.12 bits per heavy atom. The van der Waals surface area contributed by atoms with Crippen LogP contribution in [0.15, 0.2) is 24.3 Å². The second-order valence-electron chi connectivity index (χ2n) is 4.52. The first-order valence-corrected chi connectivity index (χ1v) is 6.25. The van der Waals surface area contributed by atoms with E-state index in [0.717, 1.165) is 18.9 Å². The van der Waals surface area contributed by atoms with Crippen molar-refractivity contribution in [1.29, 1.82) is 0 Å². The number of rotatable bonds is 4. The van der Waals surface area contributed by atoms with Gasteiger partial charge >= 0.3 is 0 Å². The summed E-state index contributed by atoms with van der Waals surface area (Å²) in [6, 6.07) is 8.22. The van der Waals surface area contributed by atoms with E-state index < -0.39 is 0 Å². The molecule has 0 aromatic heterocycles. The zero-order chi connectivity index (χ0) is 12.1. The third-order valence-electron chi connectivity index (χ3n) is 3.36. The van der Waals surface area contributed by atoms with Crippen LogP contribution in [0, 0.1) is 5.92 Å². The van der Waals surface area contributed by atoms with Gasteiger partial charge in [-0.2, -0.15) is 0 Å². The molecule has 94 valence electrons. The van der Waals surface area contributed by atoms with Gasteiger partial charge in [0.25, 0.3) is 0 Å². The van der Waals surface area contributed by atoms with Crippen LogP contribution in [-0.4, -0.2) is 27.3 Å². The average molecular weight is 235 g/mol. The molecule has 0 saturated carbocycles. The van der Waals surface area contributed by atoms with Gasteiger partial charge in [0.15, 0.2) is 0 Å². The van der Waals surface area contributed by atoms with Crippen LogP contribution in [-0.2, 0) is 4.74 Å². The van der Waals surface area contributed by atoms with Crippen LogP contribution in [0.4, 0.5) is 0 Å². The van der Waals surface area contributed by atoms with Gasteiger partial charge in [0.1, 0.15) is 5.75 Å². The zero-order valence-electron chi connectivity index (χ0n) is 10.6. The number of hydrogen-bond acceptors (Lipinski definition) is 3. The van der Waals surface area contributed by atoms with Crippen LogP contribution in [0.2, 0.25) is 0 Å². The molecule has 2 unspecified atom stereocenters. The van der Waals surface area contributed by atoms with E-state index in [0.29, 0.717) is 5.92 Å². The molecule has 17 heavy (non-hydrogen) atoms. The monoisotopic (exact) mass is 235 g/mol. The van der Waals surface area contributed by atoms with Gasteiger partial charge in [0, 0.05) is 19.1 Å². The summed E-state index contributed by atoms with van der Waals surface area (Å²) in [6.45, 7) is 1.88. The summed E-state index contributed by atoms with van der Waals surface area (Å²) in [6.07, 6.45) is 2.62. The first-order valence-electron chi connectivity index (χ1n) is 6.25. The normalized spacial score (nSPS) is 24.6. The Bertz CT molecular complexity index is 335. The van der Waals surface area contributed by atoms with E-state index in [9.17, 15) is 0 Å². The minimum atomic E-state index is 0.224. The van der Waals surface area contributed by atoms with Crippen molar-refractivity contribution in [3.05, 3.63) is 29.8 Å². The number of hydrogen-bond donors (Lipinski definition) is 1. The van der Waals surface area contributed by atoms with Crippen molar-refractivity contribution in [1.82, 2.24) is 5.32 Å². The Hall–Kier alpha value is -1.06. The molecule has 1 aliphatic rings. The summed E-state index contributed by atoms with van der Waals surface area (Å²) in [5.74, 6) is 1.47. The fourth-order valence-electron chi connectivity index (χ4n) is 2.48. The first-order chi connectivity index (χ1) is 8.35. The Balaban J connectivity index is 2.11. The molecule has 2 atom stereocenters. The largest absolute Gasteiger partial charge is 0.497 e. The van der Waals surface area contributed by atoms with Gasteiger partial charge < -0.3 is 14.8 Å². The molecular weight excluding hydrogens is 214 g/mol. The predicted molar refractivity (Wildman–Crippen MR) is 68.3 cm³/mol. The highest BCUT2D eigenvalue weighted by molar-refractivity contribution is 5.29. The van der Waals surface area contributed by atoms with Crippen molar-refractivity contribution >= 4 is 0 Å². The van der Waals surface area contributed by atoms with E-state index in [1.54, 1.807) is 7.11 Å². The van der Waals surface area contributed by atoms with Crippen molar-refractivity contribution in [2.45, 2.75) is 18.9 Å². The highest BCUT2D eigenvalue weighted by Gasteiger charge is 2.26. The Labute approximate surface area is 103 Å².